The van der Waals surface area contributed by atoms with E-state index in [1.54, 1.807) is 6.20 Å². The number of aryl methyl sites for hydroxylation is 1. The highest BCUT2D eigenvalue weighted by atomic mass is 16.3. The van der Waals surface area contributed by atoms with Crippen LogP contribution in [0.3, 0.4) is 0 Å². The Morgan fingerprint density at radius 3 is 2.71 bits per heavy atom. The van der Waals surface area contributed by atoms with Gasteiger partial charge in [-0.05, 0) is 38.0 Å². The van der Waals surface area contributed by atoms with E-state index in [0.717, 1.165) is 50.1 Å². The van der Waals surface area contributed by atoms with E-state index < -0.39 is 11.5 Å². The number of nitrogens with zero attached hydrogens (tertiary/aromatic N) is 3. The van der Waals surface area contributed by atoms with E-state index in [0.29, 0.717) is 0 Å². The lowest BCUT2D eigenvalue weighted by Gasteiger charge is -2.38. The molecule has 1 aromatic heterocycles. The largest absolute Gasteiger partial charge is 0.387 e. The van der Waals surface area contributed by atoms with E-state index in [4.69, 9.17) is 0 Å². The lowest BCUT2D eigenvalue weighted by molar-refractivity contribution is 0.0236. The summed E-state index contributed by atoms with van der Waals surface area (Å²) in [7, 11) is 0. The quantitative estimate of drug-likeness (QED) is 0.865. The maximum Gasteiger partial charge on any atom is 0.101 e. The van der Waals surface area contributed by atoms with Crippen molar-refractivity contribution in [3.8, 4) is 6.07 Å². The number of aliphatic hydroxyl groups excluding tert-OH is 1. The highest BCUT2D eigenvalue weighted by molar-refractivity contribution is 5.18. The minimum Gasteiger partial charge on any atom is -0.387 e. The van der Waals surface area contributed by atoms with Crippen molar-refractivity contribution >= 4 is 0 Å². The second-order valence-electron chi connectivity index (χ2n) is 6.44. The average Bonchev–Trinajstić information content (AvgIpc) is 2.97. The normalized spacial score (nSPS) is 27.2. The number of hydrogen-bond donors (Lipinski definition) is 1. The summed E-state index contributed by atoms with van der Waals surface area (Å²) in [4.78, 5) is 0. The summed E-state index contributed by atoms with van der Waals surface area (Å²) in [5.41, 5.74) is 0.170. The lowest BCUT2D eigenvalue weighted by atomic mass is 9.66. The van der Waals surface area contributed by atoms with Gasteiger partial charge in [-0.15, -0.1) is 0 Å². The van der Waals surface area contributed by atoms with E-state index in [2.05, 4.69) is 25.0 Å². The zero-order chi connectivity index (χ0) is 15.3. The minimum absolute atomic E-state index is 0.621. The van der Waals surface area contributed by atoms with Gasteiger partial charge in [0.2, 0.25) is 0 Å². The molecule has 21 heavy (non-hydrogen) atoms. The van der Waals surface area contributed by atoms with Crippen molar-refractivity contribution in [2.24, 2.45) is 11.3 Å². The Bertz CT molecular complexity index is 480. The van der Waals surface area contributed by atoms with Crippen molar-refractivity contribution in [2.75, 3.05) is 0 Å². The van der Waals surface area contributed by atoms with Gasteiger partial charge in [0.05, 0.1) is 17.7 Å². The fourth-order valence-electron chi connectivity index (χ4n) is 3.53. The molecule has 0 aliphatic heterocycles. The summed E-state index contributed by atoms with van der Waals surface area (Å²) in [6.07, 6.45) is 10.1. The Morgan fingerprint density at radius 1 is 1.43 bits per heavy atom. The van der Waals surface area contributed by atoms with Gasteiger partial charge >= 0.3 is 0 Å². The second-order valence-corrected chi connectivity index (χ2v) is 6.44. The molecular formula is C17H27N3O. The molecule has 0 aromatic carbocycles. The number of rotatable bonds is 6. The van der Waals surface area contributed by atoms with Crippen LogP contribution < -0.4 is 0 Å². The van der Waals surface area contributed by atoms with Gasteiger partial charge < -0.3 is 5.11 Å². The van der Waals surface area contributed by atoms with Crippen LogP contribution in [0.15, 0.2) is 12.4 Å². The average molecular weight is 289 g/mol. The maximum atomic E-state index is 10.7. The third kappa shape index (κ3) is 3.47. The zero-order valence-corrected chi connectivity index (χ0v) is 13.3. The Labute approximate surface area is 127 Å². The molecule has 2 rings (SSSR count). The number of hydrogen-bond acceptors (Lipinski definition) is 3. The second kappa shape index (κ2) is 7.09. The molecule has 1 saturated carbocycles. The van der Waals surface area contributed by atoms with E-state index in [9.17, 15) is 10.4 Å². The Hall–Kier alpha value is -1.34. The molecule has 1 aromatic rings. The molecule has 1 atom stereocenters. The van der Waals surface area contributed by atoms with Gasteiger partial charge in [0.1, 0.15) is 6.10 Å². The maximum absolute atomic E-state index is 10.7. The molecule has 4 nitrogen and oxygen atoms in total. The summed E-state index contributed by atoms with van der Waals surface area (Å²) in [5.74, 6) is 0.728. The molecule has 116 valence electrons. The van der Waals surface area contributed by atoms with E-state index in [1.807, 2.05) is 10.9 Å². The fraction of sp³-hybridized carbons (Fsp3) is 0.765. The van der Waals surface area contributed by atoms with Crippen LogP contribution in [-0.4, -0.2) is 14.9 Å². The van der Waals surface area contributed by atoms with E-state index in [1.165, 1.54) is 12.8 Å². The zero-order valence-electron chi connectivity index (χ0n) is 13.3. The summed E-state index contributed by atoms with van der Waals surface area (Å²) in [5, 5.41) is 24.7. The molecule has 0 bridgehead atoms. The molecule has 0 radical (unpaired) electrons. The molecule has 1 heterocycles. The Kier molecular flexibility index (Phi) is 5.41. The minimum atomic E-state index is -0.712. The molecule has 1 fully saturated rings. The molecule has 4 heteroatoms. The molecule has 0 amide bonds. The van der Waals surface area contributed by atoms with Crippen LogP contribution in [0.5, 0.6) is 0 Å². The van der Waals surface area contributed by atoms with Crippen LogP contribution in [0.2, 0.25) is 0 Å². The van der Waals surface area contributed by atoms with Crippen LogP contribution in [-0.2, 0) is 6.54 Å². The van der Waals surface area contributed by atoms with Crippen molar-refractivity contribution in [3.05, 3.63) is 18.0 Å². The molecule has 1 N–H and O–H groups in total. The third-order valence-electron chi connectivity index (χ3n) is 4.86. The first-order valence-corrected chi connectivity index (χ1v) is 8.27. The van der Waals surface area contributed by atoms with Crippen LogP contribution in [0.25, 0.3) is 0 Å². The predicted octanol–water partition coefficient (Wildman–Crippen LogP) is 3.83. The van der Waals surface area contributed by atoms with Gasteiger partial charge in [0, 0.05) is 18.3 Å². The summed E-state index contributed by atoms with van der Waals surface area (Å²) in [6.45, 7) is 5.16. The van der Waals surface area contributed by atoms with Crippen molar-refractivity contribution in [3.63, 3.8) is 0 Å². The van der Waals surface area contributed by atoms with Gasteiger partial charge in [-0.1, -0.05) is 26.7 Å². The fourth-order valence-corrected chi connectivity index (χ4v) is 3.53. The highest BCUT2D eigenvalue weighted by Crippen LogP contribution is 2.47. The van der Waals surface area contributed by atoms with Gasteiger partial charge in [-0.25, -0.2) is 0 Å². The van der Waals surface area contributed by atoms with Crippen molar-refractivity contribution < 1.29 is 5.11 Å². The Morgan fingerprint density at radius 2 is 2.14 bits per heavy atom. The summed E-state index contributed by atoms with van der Waals surface area (Å²) in [6, 6.07) is 2.43. The standard InChI is InChI=1S/C17H27N3O/c1-3-5-14-6-8-17(13-18,9-7-14)16(21)15-11-19-20(12-15)10-4-2/h11-12,14,16,21H,3-10H2,1-2H3. The predicted molar refractivity (Wildman–Crippen MR) is 82.4 cm³/mol. The molecular weight excluding hydrogens is 262 g/mol. The first-order valence-electron chi connectivity index (χ1n) is 8.27. The summed E-state index contributed by atoms with van der Waals surface area (Å²) >= 11 is 0. The smallest absolute Gasteiger partial charge is 0.101 e. The first-order chi connectivity index (χ1) is 10.1. The van der Waals surface area contributed by atoms with Crippen LogP contribution in [0.1, 0.15) is 70.5 Å². The van der Waals surface area contributed by atoms with Gasteiger partial charge in [-0.2, -0.15) is 10.4 Å². The topological polar surface area (TPSA) is 61.8 Å². The van der Waals surface area contributed by atoms with Crippen molar-refractivity contribution in [2.45, 2.75) is 71.4 Å². The number of nitriles is 1. The van der Waals surface area contributed by atoms with Crippen LogP contribution in [0, 0.1) is 22.7 Å². The van der Waals surface area contributed by atoms with Crippen LogP contribution in [0.4, 0.5) is 0 Å². The molecule has 0 saturated heterocycles. The van der Waals surface area contributed by atoms with Crippen molar-refractivity contribution in [1.82, 2.24) is 9.78 Å². The van der Waals surface area contributed by atoms with E-state index in [-0.39, 0.29) is 0 Å². The van der Waals surface area contributed by atoms with Crippen molar-refractivity contribution in [1.29, 1.82) is 5.26 Å². The molecule has 0 spiro atoms. The lowest BCUT2D eigenvalue weighted by Crippen LogP contribution is -2.32. The first kappa shape index (κ1) is 16.0. The number of aromatic nitrogens is 2. The molecule has 1 aliphatic rings. The Balaban J connectivity index is 2.08. The number of aliphatic hydroxyl groups is 1. The van der Waals surface area contributed by atoms with Gasteiger partial charge in [-0.3, -0.25) is 4.68 Å². The third-order valence-corrected chi connectivity index (χ3v) is 4.86. The van der Waals surface area contributed by atoms with E-state index >= 15 is 0 Å². The monoisotopic (exact) mass is 289 g/mol. The summed E-state index contributed by atoms with van der Waals surface area (Å²) < 4.78 is 1.85. The van der Waals surface area contributed by atoms with Crippen LogP contribution >= 0.6 is 0 Å². The molecule has 1 unspecified atom stereocenters. The SMILES string of the molecule is CCCC1CCC(C#N)(C(O)c2cnn(CCC)c2)CC1. The molecule has 1 aliphatic carbocycles. The highest BCUT2D eigenvalue weighted by Gasteiger charge is 2.42. The van der Waals surface area contributed by atoms with Gasteiger partial charge in [0.15, 0.2) is 0 Å². The van der Waals surface area contributed by atoms with Gasteiger partial charge in [0.25, 0.3) is 0 Å².